The van der Waals surface area contributed by atoms with Crippen LogP contribution in [-0.4, -0.2) is 29.6 Å². The summed E-state index contributed by atoms with van der Waals surface area (Å²) in [6.07, 6.45) is 8.95. The number of hydrogen-bond acceptors (Lipinski definition) is 6. The number of carbonyl (C=O) groups is 1. The lowest BCUT2D eigenvalue weighted by atomic mass is 9.42. The van der Waals surface area contributed by atoms with Crippen LogP contribution in [0.4, 0.5) is 0 Å². The van der Waals surface area contributed by atoms with Gasteiger partial charge in [-0.3, -0.25) is 4.79 Å². The molecule has 2 unspecified atom stereocenters. The van der Waals surface area contributed by atoms with E-state index in [4.69, 9.17) is 4.74 Å². The van der Waals surface area contributed by atoms with Crippen LogP contribution >= 0.6 is 0 Å². The second-order valence-electron chi connectivity index (χ2n) is 9.86. The molecule has 0 spiro atoms. The van der Waals surface area contributed by atoms with Crippen LogP contribution in [0.2, 0.25) is 0 Å². The van der Waals surface area contributed by atoms with Crippen molar-refractivity contribution in [3.63, 3.8) is 0 Å². The Bertz CT molecular complexity index is 899. The molecule has 7 heteroatoms. The van der Waals surface area contributed by atoms with E-state index < -0.39 is 15.7 Å². The maximum atomic E-state index is 13.0. The van der Waals surface area contributed by atoms with Crippen LogP contribution in [0.15, 0.2) is 29.2 Å². The molecule has 0 heterocycles. The highest BCUT2D eigenvalue weighted by Gasteiger charge is 2.64. The predicted molar refractivity (Wildman–Crippen MR) is 103 cm³/mol. The van der Waals surface area contributed by atoms with Crippen molar-refractivity contribution < 1.29 is 27.6 Å². The number of aliphatic hydroxyl groups is 1. The summed E-state index contributed by atoms with van der Waals surface area (Å²) < 4.78 is 38.8. The van der Waals surface area contributed by atoms with Crippen LogP contribution in [-0.2, 0) is 14.9 Å². The van der Waals surface area contributed by atoms with Gasteiger partial charge in [-0.2, -0.15) is 0 Å². The third-order valence-corrected chi connectivity index (χ3v) is 9.14. The fourth-order valence-electron chi connectivity index (χ4n) is 7.33. The molecule has 1 aromatic rings. The van der Waals surface area contributed by atoms with Gasteiger partial charge in [0.05, 0.1) is 16.4 Å². The summed E-state index contributed by atoms with van der Waals surface area (Å²) in [5.41, 5.74) is -0.585. The minimum atomic E-state index is -4.52. The molecule has 0 aliphatic heterocycles. The molecule has 5 aliphatic rings. The SMILES string of the molecule is O=C(Oc1ccc(S(=O)(=O)[O-])cc1)C1C2CC3CC1CC(C1(O)CCCC1)(C3)C2. The summed E-state index contributed by atoms with van der Waals surface area (Å²) >= 11 is 0. The van der Waals surface area contributed by atoms with Gasteiger partial charge in [0.25, 0.3) is 0 Å². The van der Waals surface area contributed by atoms with Gasteiger partial charge in [-0.15, -0.1) is 0 Å². The molecule has 6 nitrogen and oxygen atoms in total. The number of esters is 1. The molecule has 6 rings (SSSR count). The summed E-state index contributed by atoms with van der Waals surface area (Å²) in [6.45, 7) is 0. The van der Waals surface area contributed by atoms with Crippen molar-refractivity contribution in [2.24, 2.45) is 29.1 Å². The van der Waals surface area contributed by atoms with Crippen LogP contribution < -0.4 is 4.74 Å². The molecule has 29 heavy (non-hydrogen) atoms. The first-order valence-corrected chi connectivity index (χ1v) is 12.1. The summed E-state index contributed by atoms with van der Waals surface area (Å²) in [5, 5.41) is 11.4. The first-order valence-electron chi connectivity index (χ1n) is 10.7. The van der Waals surface area contributed by atoms with Gasteiger partial charge in [-0.05, 0) is 92.4 Å². The Labute approximate surface area is 171 Å². The largest absolute Gasteiger partial charge is 0.744 e. The second kappa shape index (κ2) is 6.53. The summed E-state index contributed by atoms with van der Waals surface area (Å²) in [4.78, 5) is 12.7. The standard InChI is InChI=1S/C22H28O6S/c23-20(28-17-3-5-18(6-4-17)29(25,26)27)19-15-9-14-10-16(19)13-21(11-14,12-15)22(24)7-1-2-8-22/h3-6,14-16,19,24H,1-2,7-13H2,(H,25,26,27)/p-1. The molecule has 5 aliphatic carbocycles. The Morgan fingerprint density at radius 2 is 1.62 bits per heavy atom. The van der Waals surface area contributed by atoms with Crippen LogP contribution in [0.25, 0.3) is 0 Å². The number of ether oxygens (including phenoxy) is 1. The van der Waals surface area contributed by atoms with Gasteiger partial charge >= 0.3 is 5.97 Å². The molecular weight excluding hydrogens is 392 g/mol. The van der Waals surface area contributed by atoms with Crippen molar-refractivity contribution in [2.75, 3.05) is 0 Å². The Kier molecular flexibility index (Phi) is 4.39. The van der Waals surface area contributed by atoms with E-state index in [9.17, 15) is 22.9 Å². The summed E-state index contributed by atoms with van der Waals surface area (Å²) in [5.74, 6) is 0.945. The van der Waals surface area contributed by atoms with Crippen molar-refractivity contribution in [3.05, 3.63) is 24.3 Å². The van der Waals surface area contributed by atoms with Crippen molar-refractivity contribution in [3.8, 4) is 5.75 Å². The van der Waals surface area contributed by atoms with E-state index in [1.54, 1.807) is 0 Å². The highest BCUT2D eigenvalue weighted by atomic mass is 32.2. The van der Waals surface area contributed by atoms with Gasteiger partial charge in [0.15, 0.2) is 0 Å². The normalized spacial score (nSPS) is 37.6. The zero-order chi connectivity index (χ0) is 20.4. The zero-order valence-electron chi connectivity index (χ0n) is 16.4. The molecule has 0 radical (unpaired) electrons. The van der Waals surface area contributed by atoms with Crippen molar-refractivity contribution in [1.82, 2.24) is 0 Å². The topological polar surface area (TPSA) is 104 Å². The van der Waals surface area contributed by atoms with E-state index in [-0.39, 0.29) is 39.8 Å². The Hall–Kier alpha value is -1.44. The maximum Gasteiger partial charge on any atom is 0.314 e. The fourth-order valence-corrected chi connectivity index (χ4v) is 7.80. The second-order valence-corrected chi connectivity index (χ2v) is 11.2. The third-order valence-electron chi connectivity index (χ3n) is 8.29. The Balaban J connectivity index is 1.34. The van der Waals surface area contributed by atoms with E-state index in [1.807, 2.05) is 0 Å². The van der Waals surface area contributed by atoms with Crippen LogP contribution in [0.5, 0.6) is 5.75 Å². The molecule has 158 valence electrons. The molecule has 5 fully saturated rings. The Morgan fingerprint density at radius 1 is 1.03 bits per heavy atom. The first kappa shape index (κ1) is 19.5. The lowest BCUT2D eigenvalue weighted by Crippen LogP contribution is -2.61. The number of benzene rings is 1. The Morgan fingerprint density at radius 3 is 2.17 bits per heavy atom. The first-order chi connectivity index (χ1) is 13.7. The lowest BCUT2D eigenvalue weighted by Gasteiger charge is -2.63. The highest BCUT2D eigenvalue weighted by molar-refractivity contribution is 7.85. The van der Waals surface area contributed by atoms with Crippen molar-refractivity contribution in [1.29, 1.82) is 0 Å². The van der Waals surface area contributed by atoms with E-state index >= 15 is 0 Å². The van der Waals surface area contributed by atoms with Gasteiger partial charge in [-0.25, -0.2) is 8.42 Å². The number of hydrogen-bond donors (Lipinski definition) is 1. The minimum Gasteiger partial charge on any atom is -0.744 e. The monoisotopic (exact) mass is 419 g/mol. The predicted octanol–water partition coefficient (Wildman–Crippen LogP) is 3.24. The fraction of sp³-hybridized carbons (Fsp3) is 0.682. The van der Waals surface area contributed by atoms with Crippen molar-refractivity contribution in [2.45, 2.75) is 68.3 Å². The zero-order valence-corrected chi connectivity index (χ0v) is 17.2. The third kappa shape index (κ3) is 3.13. The van der Waals surface area contributed by atoms with E-state index in [1.165, 1.54) is 24.3 Å². The van der Waals surface area contributed by atoms with Crippen molar-refractivity contribution >= 4 is 16.1 Å². The number of rotatable bonds is 4. The van der Waals surface area contributed by atoms with Crippen LogP contribution in [0.3, 0.4) is 0 Å². The van der Waals surface area contributed by atoms with Gasteiger partial charge in [0.1, 0.15) is 15.9 Å². The summed E-state index contributed by atoms with van der Waals surface area (Å²) in [7, 11) is -4.52. The quantitative estimate of drug-likeness (QED) is 0.456. The maximum absolute atomic E-state index is 13.0. The molecule has 0 saturated heterocycles. The average molecular weight is 420 g/mol. The molecule has 2 atom stereocenters. The van der Waals surface area contributed by atoms with Crippen LogP contribution in [0, 0.1) is 29.1 Å². The number of carbonyl (C=O) groups excluding carboxylic acids is 1. The van der Waals surface area contributed by atoms with E-state index in [0.29, 0.717) is 5.92 Å². The molecule has 1 N–H and O–H groups in total. The molecular formula is C22H27O6S-. The van der Waals surface area contributed by atoms with Gasteiger partial charge in [0.2, 0.25) is 0 Å². The minimum absolute atomic E-state index is 0.0269. The molecule has 0 aromatic heterocycles. The lowest BCUT2D eigenvalue weighted by molar-refractivity contribution is -0.201. The van der Waals surface area contributed by atoms with Gasteiger partial charge in [0, 0.05) is 0 Å². The van der Waals surface area contributed by atoms with E-state index in [2.05, 4.69) is 0 Å². The van der Waals surface area contributed by atoms with Crippen LogP contribution in [0.1, 0.15) is 57.8 Å². The molecule has 0 amide bonds. The molecule has 4 bridgehead atoms. The summed E-state index contributed by atoms with van der Waals surface area (Å²) in [6, 6.07) is 5.07. The highest BCUT2D eigenvalue weighted by Crippen LogP contribution is 2.67. The average Bonchev–Trinajstić information content (AvgIpc) is 3.09. The van der Waals surface area contributed by atoms with Gasteiger partial charge in [-0.1, -0.05) is 12.8 Å². The molecule has 1 aromatic carbocycles. The molecule has 5 saturated carbocycles. The van der Waals surface area contributed by atoms with Gasteiger partial charge < -0.3 is 14.4 Å². The van der Waals surface area contributed by atoms with E-state index in [0.717, 1.165) is 57.8 Å². The smallest absolute Gasteiger partial charge is 0.314 e.